The van der Waals surface area contributed by atoms with E-state index in [9.17, 15) is 18.8 Å². The Morgan fingerprint density at radius 1 is 1.13 bits per heavy atom. The Balaban J connectivity index is 1.85. The molecule has 1 aromatic carbocycles. The van der Waals surface area contributed by atoms with E-state index in [-0.39, 0.29) is 29.8 Å². The standard InChI is InChI=1S/C30H34FN5O3/c1-5-20(2)11-13-24(10-8-6-7-9-15-37)34-30(39)27-17-26(35-28-22(4)18-33-36(27)28)29(38)32-19-23-12-14-25(31)21(3)16-23/h5-8,10,12,14-18,24H,9,11,13,19H2,1-4H3,(H,32,38)(H,34,39)/b7-6?,10-8+,20-5+. The summed E-state index contributed by atoms with van der Waals surface area (Å²) in [5.74, 6) is -1.18. The maximum Gasteiger partial charge on any atom is 0.270 e. The second kappa shape index (κ2) is 13.9. The number of benzene rings is 1. The van der Waals surface area contributed by atoms with E-state index in [0.29, 0.717) is 29.6 Å². The van der Waals surface area contributed by atoms with Crippen LogP contribution in [0.1, 0.15) is 70.8 Å². The predicted molar refractivity (Wildman–Crippen MR) is 149 cm³/mol. The van der Waals surface area contributed by atoms with E-state index >= 15 is 0 Å². The topological polar surface area (TPSA) is 105 Å². The van der Waals surface area contributed by atoms with Gasteiger partial charge in [0.25, 0.3) is 11.8 Å². The highest BCUT2D eigenvalue weighted by Crippen LogP contribution is 2.15. The smallest absolute Gasteiger partial charge is 0.270 e. The Bertz CT molecular complexity index is 1440. The number of halogens is 1. The molecule has 204 valence electrons. The molecule has 1 atom stereocenters. The number of hydrogen-bond acceptors (Lipinski definition) is 5. The van der Waals surface area contributed by atoms with E-state index in [2.05, 4.69) is 20.7 Å². The molecular formula is C30H34FN5O3. The van der Waals surface area contributed by atoms with Crippen LogP contribution in [-0.4, -0.2) is 38.7 Å². The molecule has 0 fully saturated rings. The first kappa shape index (κ1) is 29.2. The van der Waals surface area contributed by atoms with Crippen LogP contribution in [0.15, 0.2) is 66.4 Å². The van der Waals surface area contributed by atoms with Crippen LogP contribution in [-0.2, 0) is 11.3 Å². The molecule has 3 aromatic rings. The molecule has 3 rings (SSSR count). The van der Waals surface area contributed by atoms with Crippen molar-refractivity contribution < 1.29 is 18.8 Å². The van der Waals surface area contributed by atoms with Gasteiger partial charge in [-0.25, -0.2) is 13.9 Å². The van der Waals surface area contributed by atoms with Crippen LogP contribution in [0, 0.1) is 19.7 Å². The summed E-state index contributed by atoms with van der Waals surface area (Å²) in [7, 11) is 0. The minimum atomic E-state index is -0.463. The Morgan fingerprint density at radius 2 is 1.92 bits per heavy atom. The number of aldehydes is 1. The molecule has 9 heteroatoms. The number of carbonyl (C=O) groups is 3. The van der Waals surface area contributed by atoms with E-state index < -0.39 is 11.8 Å². The quantitative estimate of drug-likeness (QED) is 0.195. The van der Waals surface area contributed by atoms with Crippen LogP contribution in [0.5, 0.6) is 0 Å². The first-order chi connectivity index (χ1) is 18.7. The third-order valence-corrected chi connectivity index (χ3v) is 6.27. The number of rotatable bonds is 12. The summed E-state index contributed by atoms with van der Waals surface area (Å²) in [5.41, 5.74) is 3.80. The fourth-order valence-corrected chi connectivity index (χ4v) is 3.84. The molecule has 0 spiro atoms. The first-order valence-electron chi connectivity index (χ1n) is 12.8. The van der Waals surface area contributed by atoms with Crippen molar-refractivity contribution in [3.05, 3.63) is 100 Å². The average Bonchev–Trinajstić information content (AvgIpc) is 3.31. The number of aromatic nitrogens is 3. The minimum Gasteiger partial charge on any atom is -0.347 e. The molecule has 2 N–H and O–H groups in total. The molecular weight excluding hydrogens is 497 g/mol. The van der Waals surface area contributed by atoms with Gasteiger partial charge in [0.15, 0.2) is 5.65 Å². The predicted octanol–water partition coefficient (Wildman–Crippen LogP) is 4.96. The molecule has 2 heterocycles. The van der Waals surface area contributed by atoms with E-state index in [1.807, 2.05) is 26.0 Å². The normalized spacial score (nSPS) is 12.8. The molecule has 0 aliphatic carbocycles. The summed E-state index contributed by atoms with van der Waals surface area (Å²) in [5, 5.41) is 10.1. The number of carbonyl (C=O) groups excluding carboxylic acids is 3. The number of hydrogen-bond donors (Lipinski definition) is 2. The Morgan fingerprint density at radius 3 is 2.64 bits per heavy atom. The van der Waals surface area contributed by atoms with Gasteiger partial charge >= 0.3 is 0 Å². The highest BCUT2D eigenvalue weighted by molar-refractivity contribution is 5.98. The van der Waals surface area contributed by atoms with Crippen molar-refractivity contribution in [2.75, 3.05) is 0 Å². The third kappa shape index (κ3) is 8.04. The number of allylic oxidation sites excluding steroid dienone is 5. The van der Waals surface area contributed by atoms with Crippen LogP contribution >= 0.6 is 0 Å². The number of nitrogens with zero attached hydrogens (tertiary/aromatic N) is 3. The van der Waals surface area contributed by atoms with Crippen LogP contribution in [0.2, 0.25) is 0 Å². The van der Waals surface area contributed by atoms with E-state index in [0.717, 1.165) is 18.3 Å². The van der Waals surface area contributed by atoms with E-state index in [1.54, 1.807) is 50.4 Å². The van der Waals surface area contributed by atoms with E-state index in [4.69, 9.17) is 0 Å². The van der Waals surface area contributed by atoms with Gasteiger partial charge in [0.05, 0.1) is 6.20 Å². The zero-order chi connectivity index (χ0) is 28.4. The summed E-state index contributed by atoms with van der Waals surface area (Å²) in [4.78, 5) is 41.5. The average molecular weight is 532 g/mol. The lowest BCUT2D eigenvalue weighted by Gasteiger charge is -2.16. The van der Waals surface area contributed by atoms with Gasteiger partial charge in [-0.3, -0.25) is 9.59 Å². The summed E-state index contributed by atoms with van der Waals surface area (Å²) in [6.45, 7) is 7.65. The van der Waals surface area contributed by atoms with Gasteiger partial charge in [0, 0.05) is 30.6 Å². The van der Waals surface area contributed by atoms with Gasteiger partial charge in [0.2, 0.25) is 0 Å². The molecule has 0 saturated carbocycles. The second-order valence-electron chi connectivity index (χ2n) is 9.32. The SMILES string of the molecule is C/C=C(\C)CCC(/C=C/C=CCC=O)NC(=O)c1cc(C(=O)NCc2ccc(F)c(C)c2)nc2c(C)cnn12. The fraction of sp³-hybridized carbons (Fsp3) is 0.300. The molecule has 0 aliphatic heterocycles. The van der Waals surface area contributed by atoms with Crippen molar-refractivity contribution in [3.8, 4) is 0 Å². The van der Waals surface area contributed by atoms with Crippen molar-refractivity contribution in [1.82, 2.24) is 25.2 Å². The van der Waals surface area contributed by atoms with Gasteiger partial charge in [-0.1, -0.05) is 48.1 Å². The lowest BCUT2D eigenvalue weighted by molar-refractivity contribution is -0.107. The zero-order valence-electron chi connectivity index (χ0n) is 22.7. The van der Waals surface area contributed by atoms with E-state index in [1.165, 1.54) is 22.2 Å². The highest BCUT2D eigenvalue weighted by Gasteiger charge is 2.20. The van der Waals surface area contributed by atoms with Gasteiger partial charge < -0.3 is 15.4 Å². The summed E-state index contributed by atoms with van der Waals surface area (Å²) >= 11 is 0. The van der Waals surface area contributed by atoms with Crippen LogP contribution in [0.25, 0.3) is 5.65 Å². The van der Waals surface area contributed by atoms with Gasteiger partial charge in [-0.2, -0.15) is 5.10 Å². The molecule has 0 radical (unpaired) electrons. The lowest BCUT2D eigenvalue weighted by Crippen LogP contribution is -2.35. The molecule has 0 bridgehead atoms. The minimum absolute atomic E-state index is 0.0729. The Labute approximate surface area is 227 Å². The van der Waals surface area contributed by atoms with Gasteiger partial charge in [0.1, 0.15) is 23.5 Å². The van der Waals surface area contributed by atoms with Gasteiger partial charge in [-0.05, 0) is 57.7 Å². The zero-order valence-corrected chi connectivity index (χ0v) is 22.7. The van der Waals surface area contributed by atoms with Crippen molar-refractivity contribution in [2.24, 2.45) is 0 Å². The fourth-order valence-electron chi connectivity index (χ4n) is 3.84. The lowest BCUT2D eigenvalue weighted by atomic mass is 10.1. The Kier molecular flexibility index (Phi) is 10.4. The van der Waals surface area contributed by atoms with Crippen molar-refractivity contribution in [3.63, 3.8) is 0 Å². The van der Waals surface area contributed by atoms with Crippen molar-refractivity contribution >= 4 is 23.7 Å². The van der Waals surface area contributed by atoms with Crippen LogP contribution in [0.4, 0.5) is 4.39 Å². The molecule has 2 amide bonds. The molecule has 39 heavy (non-hydrogen) atoms. The number of fused-ring (bicyclic) bond motifs is 1. The molecule has 2 aromatic heterocycles. The molecule has 0 saturated heterocycles. The number of amides is 2. The number of nitrogens with one attached hydrogen (secondary N) is 2. The van der Waals surface area contributed by atoms with Crippen LogP contribution < -0.4 is 10.6 Å². The second-order valence-corrected chi connectivity index (χ2v) is 9.32. The summed E-state index contributed by atoms with van der Waals surface area (Å²) in [6.07, 6.45) is 13.4. The third-order valence-electron chi connectivity index (χ3n) is 6.27. The molecule has 1 unspecified atom stereocenters. The van der Waals surface area contributed by atoms with Gasteiger partial charge in [-0.15, -0.1) is 0 Å². The number of aryl methyl sites for hydroxylation is 2. The Hall–Kier alpha value is -4.40. The maximum atomic E-state index is 13.6. The monoisotopic (exact) mass is 531 g/mol. The van der Waals surface area contributed by atoms with Crippen molar-refractivity contribution in [2.45, 2.75) is 59.5 Å². The molecule has 0 aliphatic rings. The van der Waals surface area contributed by atoms with Crippen molar-refractivity contribution in [1.29, 1.82) is 0 Å². The molecule has 8 nitrogen and oxygen atoms in total. The summed E-state index contributed by atoms with van der Waals surface area (Å²) in [6, 6.07) is 5.76. The first-order valence-corrected chi connectivity index (χ1v) is 12.8. The largest absolute Gasteiger partial charge is 0.347 e. The highest BCUT2D eigenvalue weighted by atomic mass is 19.1. The maximum absolute atomic E-state index is 13.6. The summed E-state index contributed by atoms with van der Waals surface area (Å²) < 4.78 is 15.0. The van der Waals surface area contributed by atoms with Crippen LogP contribution in [0.3, 0.4) is 0 Å².